The van der Waals surface area contributed by atoms with E-state index >= 15 is 0 Å². The Balaban J connectivity index is 1.43. The highest BCUT2D eigenvalue weighted by Crippen LogP contribution is 2.60. The first kappa shape index (κ1) is 19.5. The minimum atomic E-state index is 0.239. The van der Waals surface area contributed by atoms with Crippen LogP contribution in [-0.4, -0.2) is 17.8 Å². The molecule has 0 aromatic heterocycles. The van der Waals surface area contributed by atoms with E-state index in [-0.39, 0.29) is 5.41 Å². The molecule has 0 N–H and O–H groups in total. The van der Waals surface area contributed by atoms with Gasteiger partial charge in [-0.1, -0.05) is 68.8 Å². The van der Waals surface area contributed by atoms with E-state index < -0.39 is 0 Å². The summed E-state index contributed by atoms with van der Waals surface area (Å²) in [7, 11) is 0. The van der Waals surface area contributed by atoms with Gasteiger partial charge in [-0.15, -0.1) is 11.8 Å². The van der Waals surface area contributed by atoms with E-state index in [1.54, 1.807) is 10.5 Å². The summed E-state index contributed by atoms with van der Waals surface area (Å²) in [6, 6.07) is 12.4. The van der Waals surface area contributed by atoms with Crippen molar-refractivity contribution < 1.29 is 0 Å². The molecule has 5 rings (SSSR count). The lowest BCUT2D eigenvalue weighted by atomic mass is 9.76. The van der Waals surface area contributed by atoms with Crippen molar-refractivity contribution in [2.45, 2.75) is 65.0 Å². The third kappa shape index (κ3) is 3.63. The molecule has 1 aromatic carbocycles. The molecule has 5 unspecified atom stereocenters. The fraction of sp³-hybridized carbons (Fsp3) is 0.556. The maximum atomic E-state index is 2.79. The van der Waals surface area contributed by atoms with Crippen LogP contribution in [0.3, 0.4) is 0 Å². The van der Waals surface area contributed by atoms with E-state index in [0.29, 0.717) is 12.1 Å². The van der Waals surface area contributed by atoms with Crippen LogP contribution in [-0.2, 0) is 0 Å². The molecule has 0 radical (unpaired) electrons. The van der Waals surface area contributed by atoms with Gasteiger partial charge in [0.25, 0.3) is 0 Å². The van der Waals surface area contributed by atoms with Crippen molar-refractivity contribution in [2.24, 2.45) is 23.2 Å². The third-order valence-corrected chi connectivity index (χ3v) is 9.13. The van der Waals surface area contributed by atoms with Crippen LogP contribution >= 0.6 is 11.8 Å². The lowest BCUT2D eigenvalue weighted by Crippen LogP contribution is -2.46. The number of benzene rings is 1. The zero-order valence-corrected chi connectivity index (χ0v) is 19.0. The molecule has 29 heavy (non-hydrogen) atoms. The molecule has 4 aliphatic rings. The number of hydrogen-bond donors (Lipinski definition) is 0. The van der Waals surface area contributed by atoms with Crippen molar-refractivity contribution in [2.75, 3.05) is 10.7 Å². The van der Waals surface area contributed by atoms with Crippen molar-refractivity contribution in [3.05, 3.63) is 65.1 Å². The van der Waals surface area contributed by atoms with Gasteiger partial charge in [0.15, 0.2) is 0 Å². The molecule has 1 fully saturated rings. The Hall–Kier alpha value is -1.41. The average molecular weight is 406 g/mol. The first-order valence-electron chi connectivity index (χ1n) is 11.6. The van der Waals surface area contributed by atoms with Crippen LogP contribution in [0.2, 0.25) is 0 Å². The van der Waals surface area contributed by atoms with Crippen LogP contribution in [0.1, 0.15) is 52.9 Å². The Kier molecular flexibility index (Phi) is 5.18. The van der Waals surface area contributed by atoms with Crippen LogP contribution in [0.25, 0.3) is 0 Å². The molecule has 2 heteroatoms. The number of para-hydroxylation sites is 1. The van der Waals surface area contributed by atoms with Gasteiger partial charge >= 0.3 is 0 Å². The molecule has 154 valence electrons. The van der Waals surface area contributed by atoms with Crippen LogP contribution in [0, 0.1) is 23.2 Å². The van der Waals surface area contributed by atoms with E-state index in [4.69, 9.17) is 0 Å². The number of fused-ring (bicyclic) bond motifs is 1. The van der Waals surface area contributed by atoms with Gasteiger partial charge in [-0.25, -0.2) is 0 Å². The largest absolute Gasteiger partial charge is 0.361 e. The quantitative estimate of drug-likeness (QED) is 0.475. The summed E-state index contributed by atoms with van der Waals surface area (Å²) in [5, 5.41) is 0. The minimum absolute atomic E-state index is 0.239. The Labute approximate surface area is 181 Å². The fourth-order valence-corrected chi connectivity index (χ4v) is 7.18. The van der Waals surface area contributed by atoms with Gasteiger partial charge in [0.05, 0.1) is 0 Å². The molecule has 0 bridgehead atoms. The Morgan fingerprint density at radius 3 is 2.55 bits per heavy atom. The molecule has 0 saturated heterocycles. The Morgan fingerprint density at radius 2 is 1.86 bits per heavy atom. The van der Waals surface area contributed by atoms with Crippen LogP contribution in [0.5, 0.6) is 0 Å². The van der Waals surface area contributed by atoms with Gasteiger partial charge in [-0.3, -0.25) is 0 Å². The smallest absolute Gasteiger partial charge is 0.0476 e. The van der Waals surface area contributed by atoms with Crippen molar-refractivity contribution in [3.8, 4) is 0 Å². The lowest BCUT2D eigenvalue weighted by Gasteiger charge is -2.43. The van der Waals surface area contributed by atoms with E-state index in [1.807, 2.05) is 0 Å². The van der Waals surface area contributed by atoms with E-state index in [0.717, 1.165) is 17.8 Å². The van der Waals surface area contributed by atoms with Crippen molar-refractivity contribution >= 4 is 17.4 Å². The van der Waals surface area contributed by atoms with Gasteiger partial charge in [-0.05, 0) is 66.9 Å². The number of rotatable bonds is 5. The first-order chi connectivity index (χ1) is 14.1. The van der Waals surface area contributed by atoms with Crippen molar-refractivity contribution in [3.63, 3.8) is 0 Å². The monoisotopic (exact) mass is 405 g/mol. The van der Waals surface area contributed by atoms with Crippen molar-refractivity contribution in [1.29, 1.82) is 0 Å². The average Bonchev–Trinajstić information content (AvgIpc) is 3.33. The Morgan fingerprint density at radius 1 is 1.03 bits per heavy atom. The Bertz CT molecular complexity index is 833. The molecule has 5 atom stereocenters. The van der Waals surface area contributed by atoms with Gasteiger partial charge in [0.2, 0.25) is 0 Å². The van der Waals surface area contributed by atoms with Crippen molar-refractivity contribution in [1.82, 2.24) is 0 Å². The maximum absolute atomic E-state index is 2.79. The minimum Gasteiger partial charge on any atom is -0.361 e. The normalized spacial score (nSPS) is 33.7. The summed E-state index contributed by atoms with van der Waals surface area (Å²) >= 11 is 2.09. The molecule has 0 spiro atoms. The first-order valence-corrected chi connectivity index (χ1v) is 12.6. The van der Waals surface area contributed by atoms with Gasteiger partial charge in [-0.2, -0.15) is 0 Å². The predicted molar refractivity (Wildman–Crippen MR) is 127 cm³/mol. The van der Waals surface area contributed by atoms with Crippen LogP contribution < -0.4 is 4.90 Å². The molecule has 1 heterocycles. The summed E-state index contributed by atoms with van der Waals surface area (Å²) in [6.07, 6.45) is 16.5. The highest BCUT2D eigenvalue weighted by molar-refractivity contribution is 8.03. The molecule has 1 aliphatic heterocycles. The highest BCUT2D eigenvalue weighted by atomic mass is 32.2. The zero-order valence-electron chi connectivity index (χ0n) is 18.2. The second kappa shape index (κ2) is 7.69. The summed E-state index contributed by atoms with van der Waals surface area (Å²) in [4.78, 5) is 4.41. The lowest BCUT2D eigenvalue weighted by molar-refractivity contribution is 0.413. The number of hydrogen-bond acceptors (Lipinski definition) is 2. The standard InChI is InChI=1S/C27H35NS/c1-19-11-13-21(14-12-19)28(20-8-5-4-6-9-20)25-16-15-24(22-18-23(22)25)27(2,3)26-10-7-17-29-26/h4-6,8-11,13,15,19,21-23,25H,7,12,14,16-18H2,1-3H3. The molecular weight excluding hydrogens is 370 g/mol. The molecule has 1 aromatic rings. The summed E-state index contributed by atoms with van der Waals surface area (Å²) in [5.41, 5.74) is 3.39. The van der Waals surface area contributed by atoms with Gasteiger partial charge in [0, 0.05) is 28.9 Å². The maximum Gasteiger partial charge on any atom is 0.0476 e. The SMILES string of the molecule is CC1C=CC(N(c2ccccc2)C2CC=C(C(C)(C)C3=CCCS3)C3CC32)CC1. The number of nitrogens with zero attached hydrogens (tertiary/aromatic N) is 1. The number of thioether (sulfide) groups is 1. The topological polar surface area (TPSA) is 3.24 Å². The number of anilines is 1. The van der Waals surface area contributed by atoms with E-state index in [9.17, 15) is 0 Å². The molecule has 1 nitrogen and oxygen atoms in total. The van der Waals surface area contributed by atoms with Gasteiger partial charge in [0.1, 0.15) is 0 Å². The molecule has 3 aliphatic carbocycles. The number of allylic oxidation sites excluding steroid dienone is 4. The second-order valence-corrected chi connectivity index (χ2v) is 11.2. The van der Waals surface area contributed by atoms with E-state index in [2.05, 4.69) is 92.1 Å². The molecular formula is C27H35NS. The van der Waals surface area contributed by atoms with Crippen LogP contribution in [0.4, 0.5) is 5.69 Å². The molecule has 0 amide bonds. The van der Waals surface area contributed by atoms with E-state index in [1.165, 1.54) is 43.5 Å². The zero-order chi connectivity index (χ0) is 20.0. The summed E-state index contributed by atoms with van der Waals surface area (Å²) in [6.45, 7) is 7.29. The third-order valence-electron chi connectivity index (χ3n) is 7.70. The highest BCUT2D eigenvalue weighted by Gasteiger charge is 2.53. The fourth-order valence-electron chi connectivity index (χ4n) is 6.01. The summed E-state index contributed by atoms with van der Waals surface area (Å²) < 4.78 is 0. The summed E-state index contributed by atoms with van der Waals surface area (Å²) in [5.74, 6) is 3.63. The second-order valence-electron chi connectivity index (χ2n) is 10.0. The molecule has 1 saturated carbocycles. The predicted octanol–water partition coefficient (Wildman–Crippen LogP) is 7.23. The van der Waals surface area contributed by atoms with Gasteiger partial charge < -0.3 is 4.90 Å². The van der Waals surface area contributed by atoms with Crippen LogP contribution in [0.15, 0.2) is 65.1 Å².